The van der Waals surface area contributed by atoms with Crippen LogP contribution in [0.15, 0.2) is 61.3 Å². The number of nitrogens with two attached hydrogens (primary N) is 1. The second-order valence-electron chi connectivity index (χ2n) is 18.3. The number of halogens is 2. The van der Waals surface area contributed by atoms with Gasteiger partial charge in [-0.3, -0.25) is 34.3 Å². The van der Waals surface area contributed by atoms with Gasteiger partial charge >= 0.3 is 0 Å². The third-order valence-corrected chi connectivity index (χ3v) is 14.2. The van der Waals surface area contributed by atoms with E-state index in [2.05, 4.69) is 48.8 Å². The number of aromatic nitrogens is 5. The van der Waals surface area contributed by atoms with Crippen molar-refractivity contribution in [3.05, 3.63) is 72.8 Å². The maximum absolute atomic E-state index is 16.1. The van der Waals surface area contributed by atoms with Crippen molar-refractivity contribution in [2.45, 2.75) is 94.9 Å². The Bertz CT molecular complexity index is 2500. The summed E-state index contributed by atoms with van der Waals surface area (Å²) in [6.45, 7) is 6.05. The number of imide groups is 1. The zero-order valence-corrected chi connectivity index (χ0v) is 36.6. The predicted octanol–water partition coefficient (Wildman–Crippen LogP) is 5.11. The zero-order valence-electron chi connectivity index (χ0n) is 36.6. The number of rotatable bonds is 13. The molecular formula is C47H55F2N13O3. The van der Waals surface area contributed by atoms with Crippen LogP contribution in [0, 0.1) is 22.6 Å². The maximum atomic E-state index is 16.1. The van der Waals surface area contributed by atoms with E-state index in [-0.39, 0.29) is 41.8 Å². The van der Waals surface area contributed by atoms with E-state index in [1.807, 2.05) is 23.2 Å². The molecule has 0 spiro atoms. The van der Waals surface area contributed by atoms with E-state index in [0.29, 0.717) is 104 Å². The minimum atomic E-state index is -1.39. The van der Waals surface area contributed by atoms with Gasteiger partial charge < -0.3 is 26.2 Å². The number of hydrogen-bond acceptors (Lipinski definition) is 13. The van der Waals surface area contributed by atoms with Crippen LogP contribution in [0.5, 0.6) is 0 Å². The summed E-state index contributed by atoms with van der Waals surface area (Å²) in [5.74, 6) is -0.162. The van der Waals surface area contributed by atoms with Gasteiger partial charge in [0, 0.05) is 107 Å². The Balaban J connectivity index is 0.800. The van der Waals surface area contributed by atoms with Crippen LogP contribution in [-0.4, -0.2) is 111 Å². The number of carbonyl (C=O) groups is 3. The van der Waals surface area contributed by atoms with Crippen LogP contribution >= 0.6 is 0 Å². The van der Waals surface area contributed by atoms with E-state index in [1.165, 1.54) is 18.7 Å². The fourth-order valence-corrected chi connectivity index (χ4v) is 9.81. The van der Waals surface area contributed by atoms with Crippen LogP contribution < -0.4 is 31.5 Å². The monoisotopic (exact) mass is 887 g/mol. The summed E-state index contributed by atoms with van der Waals surface area (Å²) in [7, 11) is 0. The summed E-state index contributed by atoms with van der Waals surface area (Å²) in [6, 6.07) is 10.3. The molecular weight excluding hydrogens is 833 g/mol. The number of anilines is 3. The van der Waals surface area contributed by atoms with Gasteiger partial charge in [-0.1, -0.05) is 6.92 Å². The highest BCUT2D eigenvalue weighted by Gasteiger charge is 2.47. The molecule has 0 radical (unpaired) electrons. The normalized spacial score (nSPS) is 23.8. The number of alkyl halides is 1. The molecule has 6 heterocycles. The van der Waals surface area contributed by atoms with E-state index < -0.39 is 23.4 Å². The van der Waals surface area contributed by atoms with E-state index in [0.717, 1.165) is 37.9 Å². The molecule has 5 fully saturated rings. The number of nitrogens with zero attached hydrogens (tertiary/aromatic N) is 9. The largest absolute Gasteiger partial charge is 0.403 e. The second kappa shape index (κ2) is 18.2. The highest BCUT2D eigenvalue weighted by atomic mass is 19.1. The van der Waals surface area contributed by atoms with E-state index >= 15 is 8.78 Å². The molecule has 16 nitrogen and oxygen atoms in total. The van der Waals surface area contributed by atoms with Crippen LogP contribution in [0.1, 0.15) is 82.9 Å². The molecule has 9 rings (SSSR count). The number of piperidine rings is 2. The van der Waals surface area contributed by atoms with Gasteiger partial charge in [-0.2, -0.15) is 10.4 Å². The van der Waals surface area contributed by atoms with Gasteiger partial charge in [0.25, 0.3) is 0 Å². The molecule has 1 aromatic carbocycles. The predicted molar refractivity (Wildman–Crippen MR) is 241 cm³/mol. The molecule has 340 valence electrons. The van der Waals surface area contributed by atoms with E-state index in [9.17, 15) is 19.6 Å². The number of piperazine rings is 1. The van der Waals surface area contributed by atoms with Crippen LogP contribution in [0.4, 0.5) is 26.0 Å². The Hall–Kier alpha value is -6.48. The first-order chi connectivity index (χ1) is 31.4. The van der Waals surface area contributed by atoms with Crippen molar-refractivity contribution in [2.24, 2.45) is 11.1 Å². The average Bonchev–Trinajstić information content (AvgIpc) is 3.79. The molecule has 1 atom stereocenters. The van der Waals surface area contributed by atoms with Crippen molar-refractivity contribution in [3.8, 4) is 28.6 Å². The molecule has 18 heteroatoms. The van der Waals surface area contributed by atoms with Gasteiger partial charge in [-0.15, -0.1) is 0 Å². The first-order valence-electron chi connectivity index (χ1n) is 22.8. The van der Waals surface area contributed by atoms with Gasteiger partial charge in [0.2, 0.25) is 17.7 Å². The number of nitrogens with one attached hydrogen (secondary N) is 3. The summed E-state index contributed by atoms with van der Waals surface area (Å²) in [5.41, 5.74) is 7.84. The molecule has 4 aromatic rings. The third-order valence-electron chi connectivity index (χ3n) is 14.2. The lowest BCUT2D eigenvalue weighted by Gasteiger charge is -2.46. The highest BCUT2D eigenvalue weighted by molar-refractivity contribution is 6.01. The minimum Gasteiger partial charge on any atom is -0.403 e. The quantitative estimate of drug-likeness (QED) is 0.102. The van der Waals surface area contributed by atoms with Crippen molar-refractivity contribution < 1.29 is 23.2 Å². The summed E-state index contributed by atoms with van der Waals surface area (Å²) < 4.78 is 33.2. The molecule has 0 unspecified atom stereocenters. The number of hydrogen-bond donors (Lipinski definition) is 4. The Morgan fingerprint density at radius 3 is 2.43 bits per heavy atom. The molecule has 3 saturated heterocycles. The standard InChI is InChI=1S/C47H55F2N13O3/c1-2-46(45(65)56-33-4-3-5-33)12-14-61(15-13-46)40-10-6-30(25-52-40)43-42(31(23-50)24-51)53-27-38(57-43)32-26-54-62(28-32)35-21-47(49,22-35)29-59-16-18-60(19-17-59)39-9-7-34(20-36(39)48)55-37-8-11-41(63)58-44(37)64/h6-7,9-10,20,23,25-28,33,35,37,55H,2-5,8,11-19,21-22,29,50H2,1H3,(H,56,65)(H,58,63,64)/b31-23-/t35?,37-,47?/m0/s1. The topological polar surface area (TPSA) is 203 Å². The minimum absolute atomic E-state index is 0.139. The molecule has 5 N–H and O–H groups in total. The van der Waals surface area contributed by atoms with Gasteiger partial charge in [-0.25, -0.2) is 18.7 Å². The Labute approximate surface area is 376 Å². The number of amides is 3. The molecule has 5 aliphatic rings. The second-order valence-corrected chi connectivity index (χ2v) is 18.3. The number of allylic oxidation sites excluding steroid dienone is 1. The van der Waals surface area contributed by atoms with Crippen molar-refractivity contribution in [1.29, 1.82) is 5.26 Å². The Morgan fingerprint density at radius 2 is 1.78 bits per heavy atom. The molecule has 0 bridgehead atoms. The third kappa shape index (κ3) is 9.11. The number of benzene rings is 1. The lowest BCUT2D eigenvalue weighted by atomic mass is 9.74. The summed E-state index contributed by atoms with van der Waals surface area (Å²) in [6.07, 6.45) is 14.9. The summed E-state index contributed by atoms with van der Waals surface area (Å²) >= 11 is 0. The fraction of sp³-hybridized carbons (Fsp3) is 0.489. The number of pyridine rings is 1. The molecule has 3 aromatic heterocycles. The van der Waals surface area contributed by atoms with Gasteiger partial charge in [0.1, 0.15) is 35.1 Å². The molecule has 2 saturated carbocycles. The molecule has 65 heavy (non-hydrogen) atoms. The highest BCUT2D eigenvalue weighted by Crippen LogP contribution is 2.45. The lowest BCUT2D eigenvalue weighted by molar-refractivity contribution is -0.134. The van der Waals surface area contributed by atoms with Crippen LogP contribution in [-0.2, 0) is 14.4 Å². The van der Waals surface area contributed by atoms with Gasteiger partial charge in [0.15, 0.2) is 0 Å². The van der Waals surface area contributed by atoms with Crippen molar-refractivity contribution in [1.82, 2.24) is 40.3 Å². The first kappa shape index (κ1) is 43.8. The fourth-order valence-electron chi connectivity index (χ4n) is 9.81. The van der Waals surface area contributed by atoms with Crippen LogP contribution in [0.2, 0.25) is 0 Å². The summed E-state index contributed by atoms with van der Waals surface area (Å²) in [5, 5.41) is 23.1. The van der Waals surface area contributed by atoms with Crippen LogP contribution in [0.3, 0.4) is 0 Å². The van der Waals surface area contributed by atoms with E-state index in [4.69, 9.17) is 15.7 Å². The van der Waals surface area contributed by atoms with Crippen molar-refractivity contribution in [2.75, 3.05) is 60.9 Å². The number of carbonyl (C=O) groups excluding carboxylic acids is 3. The van der Waals surface area contributed by atoms with E-state index in [1.54, 1.807) is 35.4 Å². The lowest BCUT2D eigenvalue weighted by Crippen LogP contribution is -2.54. The number of nitriles is 1. The zero-order chi connectivity index (χ0) is 45.3. The van der Waals surface area contributed by atoms with Gasteiger partial charge in [-0.05, 0) is 75.3 Å². The molecule has 3 amide bonds. The maximum Gasteiger partial charge on any atom is 0.249 e. The Morgan fingerprint density at radius 1 is 1.00 bits per heavy atom. The first-order valence-corrected chi connectivity index (χ1v) is 22.8. The SMILES string of the molecule is CCC1(C(=O)NC2CCC2)CCN(c2ccc(-c3nc(-c4cnn(C5CC(F)(CN6CCN(c7ccc(N[C@H]8CCC(=O)NC8=O)cc7F)CC6)C5)c4)cnc3/C(C#N)=C\N)cn2)CC1. The average molecular weight is 888 g/mol. The molecule has 2 aliphatic carbocycles. The summed E-state index contributed by atoms with van der Waals surface area (Å²) in [4.78, 5) is 57.5. The van der Waals surface area contributed by atoms with Crippen molar-refractivity contribution in [3.63, 3.8) is 0 Å². The molecule has 3 aliphatic heterocycles. The Kier molecular flexibility index (Phi) is 12.2. The smallest absolute Gasteiger partial charge is 0.249 e. The van der Waals surface area contributed by atoms with Crippen LogP contribution in [0.25, 0.3) is 28.1 Å². The van der Waals surface area contributed by atoms with Crippen molar-refractivity contribution >= 4 is 40.5 Å². The van der Waals surface area contributed by atoms with Gasteiger partial charge in [0.05, 0.1) is 46.5 Å².